The minimum absolute atomic E-state index is 0.136. The van der Waals surface area contributed by atoms with Crippen LogP contribution >= 0.6 is 23.2 Å². The molecule has 10 heteroatoms. The predicted octanol–water partition coefficient (Wildman–Crippen LogP) is 3.73. The Labute approximate surface area is 192 Å². The maximum absolute atomic E-state index is 12.9. The lowest BCUT2D eigenvalue weighted by Crippen LogP contribution is -2.46. The molecule has 0 bridgehead atoms. The van der Waals surface area contributed by atoms with Crippen molar-refractivity contribution >= 4 is 39.1 Å². The van der Waals surface area contributed by atoms with Crippen LogP contribution < -0.4 is 14.2 Å². The number of methoxy groups -OCH3 is 1. The van der Waals surface area contributed by atoms with E-state index in [2.05, 4.69) is 4.72 Å². The van der Waals surface area contributed by atoms with E-state index in [-0.39, 0.29) is 18.6 Å². The van der Waals surface area contributed by atoms with Gasteiger partial charge in [-0.15, -0.1) is 0 Å². The molecule has 1 aliphatic heterocycles. The molecule has 2 aromatic carbocycles. The van der Waals surface area contributed by atoms with E-state index in [1.807, 2.05) is 0 Å². The number of hydrogen-bond acceptors (Lipinski definition) is 5. The molecule has 0 atom stereocenters. The Balaban J connectivity index is 1.64. The van der Waals surface area contributed by atoms with Crippen LogP contribution in [0, 0.1) is 0 Å². The molecule has 0 spiro atoms. The molecular formula is C21H24Cl2N2O5S. The highest BCUT2D eigenvalue weighted by Gasteiger charge is 2.26. The SMILES string of the molecule is COc1cc(C(=O)N2CCC(NS(C)(=O)=O)CC2)ccc1OCc1ccc(Cl)cc1Cl. The maximum Gasteiger partial charge on any atom is 0.253 e. The lowest BCUT2D eigenvalue weighted by molar-refractivity contribution is 0.0711. The molecule has 1 fully saturated rings. The molecule has 1 heterocycles. The summed E-state index contributed by atoms with van der Waals surface area (Å²) in [5.74, 6) is 0.786. The van der Waals surface area contributed by atoms with Crippen molar-refractivity contribution in [3.63, 3.8) is 0 Å². The number of benzene rings is 2. The molecule has 7 nitrogen and oxygen atoms in total. The van der Waals surface area contributed by atoms with Crippen molar-refractivity contribution in [3.8, 4) is 11.5 Å². The van der Waals surface area contributed by atoms with Crippen molar-refractivity contribution in [3.05, 3.63) is 57.6 Å². The van der Waals surface area contributed by atoms with Crippen molar-refractivity contribution in [2.75, 3.05) is 26.5 Å². The van der Waals surface area contributed by atoms with Crippen LogP contribution in [-0.4, -0.2) is 51.7 Å². The zero-order chi connectivity index (χ0) is 22.6. The minimum Gasteiger partial charge on any atom is -0.493 e. The molecule has 0 unspecified atom stereocenters. The number of hydrogen-bond donors (Lipinski definition) is 1. The van der Waals surface area contributed by atoms with E-state index in [0.29, 0.717) is 53.0 Å². The summed E-state index contributed by atoms with van der Waals surface area (Å²) in [4.78, 5) is 14.6. The Kier molecular flexibility index (Phi) is 7.69. The van der Waals surface area contributed by atoms with Gasteiger partial charge in [0.15, 0.2) is 11.5 Å². The van der Waals surface area contributed by atoms with Gasteiger partial charge in [-0.25, -0.2) is 13.1 Å². The number of piperidine rings is 1. The third-order valence-corrected chi connectivity index (χ3v) is 6.32. The van der Waals surface area contributed by atoms with Crippen LogP contribution in [0.5, 0.6) is 11.5 Å². The molecule has 1 N–H and O–H groups in total. The predicted molar refractivity (Wildman–Crippen MR) is 121 cm³/mol. The number of amides is 1. The highest BCUT2D eigenvalue weighted by molar-refractivity contribution is 7.88. The normalized spacial score (nSPS) is 15.0. The van der Waals surface area contributed by atoms with Crippen molar-refractivity contribution in [2.45, 2.75) is 25.5 Å². The van der Waals surface area contributed by atoms with E-state index >= 15 is 0 Å². The van der Waals surface area contributed by atoms with Crippen LogP contribution in [0.25, 0.3) is 0 Å². The zero-order valence-corrected chi connectivity index (χ0v) is 19.6. The summed E-state index contributed by atoms with van der Waals surface area (Å²) < 4.78 is 36.6. The molecule has 0 aliphatic carbocycles. The van der Waals surface area contributed by atoms with E-state index in [1.54, 1.807) is 41.3 Å². The van der Waals surface area contributed by atoms with Crippen LogP contribution in [0.15, 0.2) is 36.4 Å². The summed E-state index contributed by atoms with van der Waals surface area (Å²) in [6, 6.07) is 10.0. The number of carbonyl (C=O) groups excluding carboxylic acids is 1. The van der Waals surface area contributed by atoms with Gasteiger partial charge in [0.25, 0.3) is 5.91 Å². The van der Waals surface area contributed by atoms with Gasteiger partial charge in [-0.1, -0.05) is 29.3 Å². The van der Waals surface area contributed by atoms with Crippen LogP contribution in [0.2, 0.25) is 10.0 Å². The number of nitrogens with one attached hydrogen (secondary N) is 1. The van der Waals surface area contributed by atoms with Crippen LogP contribution in [0.1, 0.15) is 28.8 Å². The highest BCUT2D eigenvalue weighted by atomic mass is 35.5. The van der Waals surface area contributed by atoms with E-state index in [1.165, 1.54) is 7.11 Å². The average molecular weight is 487 g/mol. The zero-order valence-electron chi connectivity index (χ0n) is 17.2. The fourth-order valence-corrected chi connectivity index (χ4v) is 4.70. The molecule has 0 radical (unpaired) electrons. The van der Waals surface area contributed by atoms with Gasteiger partial charge in [0.05, 0.1) is 13.4 Å². The van der Waals surface area contributed by atoms with E-state index < -0.39 is 10.0 Å². The lowest BCUT2D eigenvalue weighted by atomic mass is 10.0. The molecular weight excluding hydrogens is 463 g/mol. The van der Waals surface area contributed by atoms with Gasteiger partial charge in [-0.05, 0) is 43.2 Å². The summed E-state index contributed by atoms with van der Waals surface area (Å²) in [5.41, 5.74) is 1.25. The third kappa shape index (κ3) is 6.49. The van der Waals surface area contributed by atoms with Gasteiger partial charge in [0, 0.05) is 40.3 Å². The molecule has 168 valence electrons. The third-order valence-electron chi connectivity index (χ3n) is 4.97. The number of halogens is 2. The lowest BCUT2D eigenvalue weighted by Gasteiger charge is -2.32. The Bertz CT molecular complexity index is 1050. The number of rotatable bonds is 7. The molecule has 1 amide bonds. The molecule has 31 heavy (non-hydrogen) atoms. The van der Waals surface area contributed by atoms with E-state index in [0.717, 1.165) is 11.8 Å². The fraction of sp³-hybridized carbons (Fsp3) is 0.381. The van der Waals surface area contributed by atoms with Crippen molar-refractivity contribution in [1.82, 2.24) is 9.62 Å². The number of sulfonamides is 1. The largest absolute Gasteiger partial charge is 0.493 e. The van der Waals surface area contributed by atoms with Crippen molar-refractivity contribution < 1.29 is 22.7 Å². The quantitative estimate of drug-likeness (QED) is 0.644. The van der Waals surface area contributed by atoms with Gasteiger partial charge in [-0.2, -0.15) is 0 Å². The second-order valence-corrected chi connectivity index (χ2v) is 9.97. The van der Waals surface area contributed by atoms with E-state index in [9.17, 15) is 13.2 Å². The monoisotopic (exact) mass is 486 g/mol. The molecule has 3 rings (SSSR count). The molecule has 0 saturated carbocycles. The number of ether oxygens (including phenoxy) is 2. The average Bonchev–Trinajstić information content (AvgIpc) is 2.72. The van der Waals surface area contributed by atoms with Crippen LogP contribution in [0.3, 0.4) is 0 Å². The summed E-state index contributed by atoms with van der Waals surface area (Å²) in [5, 5.41) is 1.05. The Morgan fingerprint density at radius 3 is 2.45 bits per heavy atom. The molecule has 0 aromatic heterocycles. The number of carbonyl (C=O) groups is 1. The second-order valence-electron chi connectivity index (χ2n) is 7.35. The van der Waals surface area contributed by atoms with Crippen molar-refractivity contribution in [2.24, 2.45) is 0 Å². The summed E-state index contributed by atoms with van der Waals surface area (Å²) >= 11 is 12.1. The van der Waals surface area contributed by atoms with Gasteiger partial charge >= 0.3 is 0 Å². The second kappa shape index (κ2) is 10.1. The highest BCUT2D eigenvalue weighted by Crippen LogP contribution is 2.31. The molecule has 1 saturated heterocycles. The summed E-state index contributed by atoms with van der Waals surface area (Å²) in [7, 11) is -1.75. The summed E-state index contributed by atoms with van der Waals surface area (Å²) in [6.07, 6.45) is 2.28. The fourth-order valence-electron chi connectivity index (χ4n) is 3.40. The first kappa shape index (κ1) is 23.7. The van der Waals surface area contributed by atoms with Crippen LogP contribution in [-0.2, 0) is 16.6 Å². The van der Waals surface area contributed by atoms with Crippen LogP contribution in [0.4, 0.5) is 0 Å². The summed E-state index contributed by atoms with van der Waals surface area (Å²) in [6.45, 7) is 1.17. The molecule has 1 aliphatic rings. The van der Waals surface area contributed by atoms with Gasteiger partial charge in [0.1, 0.15) is 6.61 Å². The van der Waals surface area contributed by atoms with Gasteiger partial charge < -0.3 is 14.4 Å². The van der Waals surface area contributed by atoms with Gasteiger partial charge in [0.2, 0.25) is 10.0 Å². The number of nitrogens with zero attached hydrogens (tertiary/aromatic N) is 1. The van der Waals surface area contributed by atoms with E-state index in [4.69, 9.17) is 32.7 Å². The first-order valence-corrected chi connectivity index (χ1v) is 12.3. The van der Waals surface area contributed by atoms with Gasteiger partial charge in [-0.3, -0.25) is 4.79 Å². The first-order chi connectivity index (χ1) is 14.7. The minimum atomic E-state index is -3.26. The standard InChI is InChI=1S/C21H24Cl2N2O5S/c1-29-20-11-14(21(26)25-9-7-17(8-10-25)24-31(2,27)28)4-6-19(20)30-13-15-3-5-16(22)12-18(15)23/h3-6,11-12,17,24H,7-10,13H2,1-2H3. The van der Waals surface area contributed by atoms with Crippen molar-refractivity contribution in [1.29, 1.82) is 0 Å². The Morgan fingerprint density at radius 2 is 1.84 bits per heavy atom. The Hall–Kier alpha value is -2.00. The first-order valence-electron chi connectivity index (χ1n) is 9.67. The topological polar surface area (TPSA) is 84.9 Å². The molecule has 2 aromatic rings. The maximum atomic E-state index is 12.9. The number of likely N-dealkylation sites (tertiary alicyclic amines) is 1. The smallest absolute Gasteiger partial charge is 0.253 e. The Morgan fingerprint density at radius 1 is 1.13 bits per heavy atom.